The molecule has 0 aliphatic rings. The van der Waals surface area contributed by atoms with E-state index in [1.165, 1.54) is 0 Å². The van der Waals surface area contributed by atoms with Gasteiger partial charge in [0.15, 0.2) is 0 Å². The number of hydrogen-bond acceptors (Lipinski definition) is 5. The van der Waals surface area contributed by atoms with Crippen LogP contribution in [0.25, 0.3) is 0 Å². The summed E-state index contributed by atoms with van der Waals surface area (Å²) in [5, 5.41) is 3.17. The van der Waals surface area contributed by atoms with Crippen LogP contribution in [0.3, 0.4) is 0 Å². The molecule has 2 rings (SSSR count). The summed E-state index contributed by atoms with van der Waals surface area (Å²) in [6.45, 7) is 4.38. The van der Waals surface area contributed by atoms with Gasteiger partial charge in [-0.1, -0.05) is 0 Å². The minimum absolute atomic E-state index is 0.587. The molecule has 3 N–H and O–H groups in total. The summed E-state index contributed by atoms with van der Waals surface area (Å²) in [5.41, 5.74) is 8.31. The Balaban J connectivity index is 2.09. The van der Waals surface area contributed by atoms with Gasteiger partial charge < -0.3 is 11.1 Å². The third-order valence-corrected chi connectivity index (χ3v) is 2.34. The van der Waals surface area contributed by atoms with Crippen molar-refractivity contribution < 1.29 is 0 Å². The zero-order valence-corrected chi connectivity index (χ0v) is 9.94. The van der Waals surface area contributed by atoms with Crippen molar-refractivity contribution in [2.24, 2.45) is 0 Å². The third kappa shape index (κ3) is 2.90. The average Bonchev–Trinajstić information content (AvgIpc) is 2.30. The van der Waals surface area contributed by atoms with Crippen molar-refractivity contribution in [3.8, 4) is 0 Å². The van der Waals surface area contributed by atoms with E-state index in [4.69, 9.17) is 5.73 Å². The number of aryl methyl sites for hydroxylation is 2. The first kappa shape index (κ1) is 11.3. The molecule has 0 aliphatic heterocycles. The lowest BCUT2D eigenvalue weighted by Gasteiger charge is -2.08. The maximum absolute atomic E-state index is 5.83. The normalized spacial score (nSPS) is 10.2. The van der Waals surface area contributed by atoms with Crippen LogP contribution in [0.4, 0.5) is 11.5 Å². The molecule has 88 valence electrons. The summed E-state index contributed by atoms with van der Waals surface area (Å²) in [7, 11) is 0. The van der Waals surface area contributed by atoms with Crippen molar-refractivity contribution in [2.45, 2.75) is 20.4 Å². The smallest absolute Gasteiger partial charge is 0.149 e. The molecule has 2 heterocycles. The highest BCUT2D eigenvalue weighted by molar-refractivity contribution is 5.61. The summed E-state index contributed by atoms with van der Waals surface area (Å²) >= 11 is 0. The Hall–Kier alpha value is -2.17. The highest BCUT2D eigenvalue weighted by Gasteiger charge is 2.01. The Kier molecular flexibility index (Phi) is 3.18. The molecule has 0 aliphatic carbocycles. The van der Waals surface area contributed by atoms with Gasteiger partial charge in [-0.15, -0.1) is 0 Å². The second-order valence-electron chi connectivity index (χ2n) is 3.84. The lowest BCUT2D eigenvalue weighted by Crippen LogP contribution is -2.07. The molecule has 0 aromatic carbocycles. The lowest BCUT2D eigenvalue weighted by molar-refractivity contribution is 0.949. The van der Waals surface area contributed by atoms with Crippen molar-refractivity contribution in [3.63, 3.8) is 0 Å². The van der Waals surface area contributed by atoms with Crippen molar-refractivity contribution >= 4 is 11.5 Å². The quantitative estimate of drug-likeness (QED) is 0.837. The maximum atomic E-state index is 5.83. The monoisotopic (exact) mass is 229 g/mol. The molecule has 0 unspecified atom stereocenters. The molecule has 0 saturated carbocycles. The largest absolute Gasteiger partial charge is 0.396 e. The summed E-state index contributed by atoms with van der Waals surface area (Å²) < 4.78 is 0. The summed E-state index contributed by atoms with van der Waals surface area (Å²) in [4.78, 5) is 12.7. The lowest BCUT2D eigenvalue weighted by atomic mass is 10.3. The second-order valence-corrected chi connectivity index (χ2v) is 3.84. The maximum Gasteiger partial charge on any atom is 0.149 e. The van der Waals surface area contributed by atoms with E-state index in [0.29, 0.717) is 18.1 Å². The van der Waals surface area contributed by atoms with Crippen molar-refractivity contribution in [1.29, 1.82) is 0 Å². The molecule has 2 aromatic heterocycles. The Morgan fingerprint density at radius 2 is 2.00 bits per heavy atom. The van der Waals surface area contributed by atoms with Gasteiger partial charge in [-0.2, -0.15) is 0 Å². The predicted molar refractivity (Wildman–Crippen MR) is 67.5 cm³/mol. The van der Waals surface area contributed by atoms with E-state index in [0.717, 1.165) is 17.2 Å². The van der Waals surface area contributed by atoms with Gasteiger partial charge in [0.05, 0.1) is 17.9 Å². The van der Waals surface area contributed by atoms with Gasteiger partial charge in [0.2, 0.25) is 0 Å². The van der Waals surface area contributed by atoms with Gasteiger partial charge >= 0.3 is 0 Å². The summed E-state index contributed by atoms with van der Waals surface area (Å²) in [5.74, 6) is 1.45. The fraction of sp³-hybridized carbons (Fsp3) is 0.250. The zero-order valence-electron chi connectivity index (χ0n) is 9.94. The van der Waals surface area contributed by atoms with Crippen molar-refractivity contribution in [2.75, 3.05) is 11.1 Å². The molecule has 5 nitrogen and oxygen atoms in total. The Morgan fingerprint density at radius 1 is 1.18 bits per heavy atom. The van der Waals surface area contributed by atoms with Crippen LogP contribution < -0.4 is 11.1 Å². The van der Waals surface area contributed by atoms with Crippen LogP contribution in [-0.4, -0.2) is 15.0 Å². The first-order valence-corrected chi connectivity index (χ1v) is 5.40. The third-order valence-electron chi connectivity index (χ3n) is 2.34. The van der Waals surface area contributed by atoms with Crippen LogP contribution in [0.5, 0.6) is 0 Å². The predicted octanol–water partition coefficient (Wildman–Crippen LogP) is 1.68. The minimum Gasteiger partial charge on any atom is -0.396 e. The summed E-state index contributed by atoms with van der Waals surface area (Å²) in [6, 6.07) is 5.59. The van der Waals surface area contributed by atoms with Gasteiger partial charge in [-0.05, 0) is 32.0 Å². The number of nitrogens with zero attached hydrogens (tertiary/aromatic N) is 3. The molecule has 5 heteroatoms. The van der Waals surface area contributed by atoms with Crippen molar-refractivity contribution in [1.82, 2.24) is 15.0 Å². The fourth-order valence-electron chi connectivity index (χ4n) is 1.49. The number of nitrogens with two attached hydrogens (primary N) is 1. The summed E-state index contributed by atoms with van der Waals surface area (Å²) in [6.07, 6.45) is 1.74. The molecule has 0 atom stereocenters. The molecule has 0 radical (unpaired) electrons. The standard InChI is InChI=1S/C12H15N5/c1-8-3-4-11(13)12(16-8)15-7-10-5-6-14-9(2)17-10/h3-6H,7,13H2,1-2H3,(H,15,16). The Bertz CT molecular complexity index is 524. The van der Waals surface area contributed by atoms with Gasteiger partial charge in [-0.3, -0.25) is 0 Å². The van der Waals surface area contributed by atoms with Gasteiger partial charge in [-0.25, -0.2) is 15.0 Å². The van der Waals surface area contributed by atoms with Crippen LogP contribution in [0.2, 0.25) is 0 Å². The first-order chi connectivity index (χ1) is 8.15. The number of hydrogen-bond donors (Lipinski definition) is 2. The molecule has 0 spiro atoms. The molecule has 2 aromatic rings. The van der Waals surface area contributed by atoms with Crippen LogP contribution in [0.1, 0.15) is 17.2 Å². The SMILES string of the molecule is Cc1ccc(N)c(NCc2ccnc(C)n2)n1. The van der Waals surface area contributed by atoms with Gasteiger partial charge in [0, 0.05) is 11.9 Å². The minimum atomic E-state index is 0.587. The second kappa shape index (κ2) is 4.78. The number of pyridine rings is 1. The van der Waals surface area contributed by atoms with Crippen LogP contribution in [0, 0.1) is 13.8 Å². The number of nitrogens with one attached hydrogen (secondary N) is 1. The van der Waals surface area contributed by atoms with Gasteiger partial charge in [0.25, 0.3) is 0 Å². The fourth-order valence-corrected chi connectivity index (χ4v) is 1.49. The van der Waals surface area contributed by atoms with Crippen molar-refractivity contribution in [3.05, 3.63) is 41.6 Å². The van der Waals surface area contributed by atoms with Gasteiger partial charge in [0.1, 0.15) is 11.6 Å². The van der Waals surface area contributed by atoms with Crippen LogP contribution in [-0.2, 0) is 6.54 Å². The number of anilines is 2. The number of aromatic nitrogens is 3. The molecule has 0 fully saturated rings. The molecular formula is C12H15N5. The van der Waals surface area contributed by atoms with E-state index in [1.807, 2.05) is 32.0 Å². The zero-order chi connectivity index (χ0) is 12.3. The van der Waals surface area contributed by atoms with Crippen LogP contribution >= 0.6 is 0 Å². The Morgan fingerprint density at radius 3 is 2.76 bits per heavy atom. The van der Waals surface area contributed by atoms with E-state index < -0.39 is 0 Å². The first-order valence-electron chi connectivity index (χ1n) is 5.40. The molecule has 17 heavy (non-hydrogen) atoms. The van der Waals surface area contributed by atoms with E-state index in [9.17, 15) is 0 Å². The molecule has 0 amide bonds. The highest BCUT2D eigenvalue weighted by atomic mass is 15.0. The van der Waals surface area contributed by atoms with E-state index in [2.05, 4.69) is 20.3 Å². The van der Waals surface area contributed by atoms with E-state index in [1.54, 1.807) is 6.20 Å². The molecule has 0 saturated heterocycles. The topological polar surface area (TPSA) is 76.7 Å². The van der Waals surface area contributed by atoms with Crippen LogP contribution in [0.15, 0.2) is 24.4 Å². The van der Waals surface area contributed by atoms with E-state index >= 15 is 0 Å². The molecule has 0 bridgehead atoms. The van der Waals surface area contributed by atoms with E-state index in [-0.39, 0.29) is 0 Å². The number of rotatable bonds is 3. The Labute approximate surface area is 100 Å². The number of nitrogen functional groups attached to an aromatic ring is 1. The molecular weight excluding hydrogens is 214 g/mol. The highest BCUT2D eigenvalue weighted by Crippen LogP contribution is 2.15. The average molecular weight is 229 g/mol.